The minimum absolute atomic E-state index is 0.192. The molecular formula is C4H7N3O. The Morgan fingerprint density at radius 1 is 1.88 bits per heavy atom. The van der Waals surface area contributed by atoms with Crippen LogP contribution in [-0.2, 0) is 4.79 Å². The van der Waals surface area contributed by atoms with E-state index >= 15 is 0 Å². The Bertz CT molecular complexity index is 122. The summed E-state index contributed by atoms with van der Waals surface area (Å²) in [7, 11) is 0. The van der Waals surface area contributed by atoms with Crippen LogP contribution in [0.15, 0.2) is 0 Å². The molecule has 4 nitrogen and oxygen atoms in total. The third-order valence-corrected chi connectivity index (χ3v) is 0.993. The zero-order valence-electron chi connectivity index (χ0n) is 4.27. The summed E-state index contributed by atoms with van der Waals surface area (Å²) in [4.78, 5) is 9.95. The van der Waals surface area contributed by atoms with Crippen LogP contribution in [0.4, 0.5) is 0 Å². The van der Waals surface area contributed by atoms with E-state index in [1.165, 1.54) is 0 Å². The monoisotopic (exact) mass is 113 g/mol. The molecule has 0 spiro atoms. The first-order valence-electron chi connectivity index (χ1n) is 2.37. The summed E-state index contributed by atoms with van der Waals surface area (Å²) in [5, 5.41) is 12.2. The Morgan fingerprint density at radius 2 is 2.62 bits per heavy atom. The topological polar surface area (TPSA) is 65.0 Å². The summed E-state index contributed by atoms with van der Waals surface area (Å²) >= 11 is 0. The molecule has 8 heavy (non-hydrogen) atoms. The molecule has 1 unspecified atom stereocenters. The first-order chi connectivity index (χ1) is 3.83. The molecule has 0 aromatic rings. The standard InChI is InChI=1S/C4H7N3O/c5-4-6-1-3(2-8)7-4/h2-3H,1H2,(H3,5,6,7). The van der Waals surface area contributed by atoms with Gasteiger partial charge in [0.25, 0.3) is 0 Å². The van der Waals surface area contributed by atoms with E-state index in [2.05, 4.69) is 10.6 Å². The number of carbonyl (C=O) groups is 1. The molecule has 0 radical (unpaired) electrons. The summed E-state index contributed by atoms with van der Waals surface area (Å²) < 4.78 is 0. The second kappa shape index (κ2) is 1.81. The van der Waals surface area contributed by atoms with E-state index in [0.29, 0.717) is 6.54 Å². The molecular weight excluding hydrogens is 106 g/mol. The molecule has 0 amide bonds. The van der Waals surface area contributed by atoms with Crippen LogP contribution in [0.3, 0.4) is 0 Å². The Hall–Kier alpha value is -1.06. The van der Waals surface area contributed by atoms with Gasteiger partial charge in [0.2, 0.25) is 0 Å². The fourth-order valence-electron chi connectivity index (χ4n) is 0.582. The van der Waals surface area contributed by atoms with Crippen molar-refractivity contribution in [3.8, 4) is 0 Å². The quantitative estimate of drug-likeness (QED) is 0.369. The first kappa shape index (κ1) is 5.08. The average molecular weight is 113 g/mol. The highest BCUT2D eigenvalue weighted by Crippen LogP contribution is 1.81. The molecule has 0 aromatic carbocycles. The number of hydrogen-bond acceptors (Lipinski definition) is 2. The molecule has 0 saturated carbocycles. The molecule has 1 fully saturated rings. The van der Waals surface area contributed by atoms with Crippen LogP contribution in [0.1, 0.15) is 0 Å². The van der Waals surface area contributed by atoms with Crippen LogP contribution >= 0.6 is 0 Å². The predicted molar refractivity (Wildman–Crippen MR) is 28.7 cm³/mol. The van der Waals surface area contributed by atoms with E-state index in [4.69, 9.17) is 5.41 Å². The van der Waals surface area contributed by atoms with Crippen molar-refractivity contribution in [1.82, 2.24) is 10.6 Å². The SMILES string of the molecule is N=C1NCC(C=O)N1. The highest BCUT2D eigenvalue weighted by molar-refractivity contribution is 5.83. The van der Waals surface area contributed by atoms with Gasteiger partial charge in [-0.15, -0.1) is 0 Å². The Labute approximate surface area is 46.8 Å². The lowest BCUT2D eigenvalue weighted by Crippen LogP contribution is -2.27. The van der Waals surface area contributed by atoms with Crippen molar-refractivity contribution in [2.75, 3.05) is 6.54 Å². The second-order valence-electron chi connectivity index (χ2n) is 1.64. The van der Waals surface area contributed by atoms with Crippen molar-refractivity contribution in [2.45, 2.75) is 6.04 Å². The van der Waals surface area contributed by atoms with Gasteiger partial charge in [-0.05, 0) is 0 Å². The zero-order chi connectivity index (χ0) is 5.98. The maximum absolute atomic E-state index is 9.95. The molecule has 3 N–H and O–H groups in total. The highest BCUT2D eigenvalue weighted by Gasteiger charge is 2.14. The third kappa shape index (κ3) is 0.776. The average Bonchev–Trinajstić information content (AvgIpc) is 2.14. The molecule has 4 heteroatoms. The minimum Gasteiger partial charge on any atom is -0.354 e. The predicted octanol–water partition coefficient (Wildman–Crippen LogP) is -1.32. The number of aldehydes is 1. The molecule has 44 valence electrons. The van der Waals surface area contributed by atoms with Gasteiger partial charge in [0.1, 0.15) is 12.3 Å². The minimum atomic E-state index is -0.192. The molecule has 1 atom stereocenters. The maximum Gasteiger partial charge on any atom is 0.189 e. The van der Waals surface area contributed by atoms with Crippen molar-refractivity contribution < 1.29 is 4.79 Å². The fourth-order valence-corrected chi connectivity index (χ4v) is 0.582. The molecule has 0 aliphatic carbocycles. The molecule has 0 bridgehead atoms. The van der Waals surface area contributed by atoms with Gasteiger partial charge in [-0.1, -0.05) is 0 Å². The van der Waals surface area contributed by atoms with Crippen molar-refractivity contribution in [2.24, 2.45) is 0 Å². The van der Waals surface area contributed by atoms with Crippen LogP contribution in [0, 0.1) is 5.41 Å². The lowest BCUT2D eigenvalue weighted by atomic mass is 10.4. The van der Waals surface area contributed by atoms with E-state index < -0.39 is 0 Å². The smallest absolute Gasteiger partial charge is 0.189 e. The summed E-state index contributed by atoms with van der Waals surface area (Å²) in [6.07, 6.45) is 0.786. The summed E-state index contributed by atoms with van der Waals surface area (Å²) in [5.74, 6) is 0.238. The molecule has 0 aromatic heterocycles. The highest BCUT2D eigenvalue weighted by atomic mass is 16.1. The molecule has 1 aliphatic rings. The molecule has 1 rings (SSSR count). The van der Waals surface area contributed by atoms with Crippen molar-refractivity contribution in [3.05, 3.63) is 0 Å². The van der Waals surface area contributed by atoms with E-state index in [1.807, 2.05) is 0 Å². The molecule has 1 saturated heterocycles. The Morgan fingerprint density at radius 3 is 2.88 bits per heavy atom. The van der Waals surface area contributed by atoms with Crippen molar-refractivity contribution in [1.29, 1.82) is 5.41 Å². The van der Waals surface area contributed by atoms with Gasteiger partial charge in [0, 0.05) is 6.54 Å². The van der Waals surface area contributed by atoms with Crippen LogP contribution < -0.4 is 10.6 Å². The second-order valence-corrected chi connectivity index (χ2v) is 1.64. The Kier molecular flexibility index (Phi) is 1.15. The largest absolute Gasteiger partial charge is 0.354 e. The van der Waals surface area contributed by atoms with Gasteiger partial charge in [-0.3, -0.25) is 5.41 Å². The van der Waals surface area contributed by atoms with Gasteiger partial charge in [0.15, 0.2) is 5.96 Å². The van der Waals surface area contributed by atoms with E-state index in [0.717, 1.165) is 6.29 Å². The summed E-state index contributed by atoms with van der Waals surface area (Å²) in [6, 6.07) is -0.192. The van der Waals surface area contributed by atoms with Crippen LogP contribution in [-0.4, -0.2) is 24.8 Å². The van der Waals surface area contributed by atoms with Crippen molar-refractivity contribution in [3.63, 3.8) is 0 Å². The number of carbonyl (C=O) groups excluding carboxylic acids is 1. The number of guanidine groups is 1. The lowest BCUT2D eigenvalue weighted by Gasteiger charge is -1.93. The van der Waals surface area contributed by atoms with Crippen LogP contribution in [0.25, 0.3) is 0 Å². The van der Waals surface area contributed by atoms with E-state index in [9.17, 15) is 4.79 Å². The Balaban J connectivity index is 2.43. The van der Waals surface area contributed by atoms with Crippen LogP contribution in [0.2, 0.25) is 0 Å². The number of rotatable bonds is 1. The maximum atomic E-state index is 9.95. The van der Waals surface area contributed by atoms with Gasteiger partial charge in [0.05, 0.1) is 0 Å². The van der Waals surface area contributed by atoms with Gasteiger partial charge in [-0.2, -0.15) is 0 Å². The van der Waals surface area contributed by atoms with Crippen LogP contribution in [0.5, 0.6) is 0 Å². The van der Waals surface area contributed by atoms with E-state index in [1.54, 1.807) is 0 Å². The zero-order valence-corrected chi connectivity index (χ0v) is 4.27. The molecule has 1 aliphatic heterocycles. The summed E-state index contributed by atoms with van der Waals surface area (Å²) in [5.41, 5.74) is 0. The third-order valence-electron chi connectivity index (χ3n) is 0.993. The fraction of sp³-hybridized carbons (Fsp3) is 0.500. The van der Waals surface area contributed by atoms with Crippen molar-refractivity contribution >= 4 is 12.2 Å². The first-order valence-corrected chi connectivity index (χ1v) is 2.37. The summed E-state index contributed by atoms with van der Waals surface area (Å²) in [6.45, 7) is 0.544. The number of hydrogen-bond donors (Lipinski definition) is 3. The van der Waals surface area contributed by atoms with E-state index in [-0.39, 0.29) is 12.0 Å². The lowest BCUT2D eigenvalue weighted by molar-refractivity contribution is -0.108. The van der Waals surface area contributed by atoms with Gasteiger partial charge < -0.3 is 15.4 Å². The molecule has 1 heterocycles. The normalized spacial score (nSPS) is 26.5. The number of nitrogens with one attached hydrogen (secondary N) is 3. The van der Waals surface area contributed by atoms with Gasteiger partial charge >= 0.3 is 0 Å². The van der Waals surface area contributed by atoms with Gasteiger partial charge in [-0.25, -0.2) is 0 Å².